The molecule has 0 unspecified atom stereocenters. The van der Waals surface area contributed by atoms with Crippen LogP contribution in [0, 0.1) is 0 Å². The van der Waals surface area contributed by atoms with Gasteiger partial charge in [0.05, 0.1) is 5.75 Å². The lowest BCUT2D eigenvalue weighted by Crippen LogP contribution is -2.27. The summed E-state index contributed by atoms with van der Waals surface area (Å²) in [6.45, 7) is 4.20. The third-order valence-electron chi connectivity index (χ3n) is 2.24. The van der Waals surface area contributed by atoms with Gasteiger partial charge in [-0.2, -0.15) is 0 Å². The molecule has 0 aliphatic rings. The first-order valence-corrected chi connectivity index (χ1v) is 8.37. The van der Waals surface area contributed by atoms with Crippen LogP contribution in [-0.2, 0) is 16.6 Å². The molecular weight excluding hydrogens is 256 g/mol. The molecule has 0 aromatic carbocycles. The predicted octanol–water partition coefficient (Wildman–Crippen LogP) is 1.56. The average molecular weight is 276 g/mol. The van der Waals surface area contributed by atoms with E-state index in [9.17, 15) is 8.42 Å². The van der Waals surface area contributed by atoms with Crippen LogP contribution in [0.4, 0.5) is 0 Å². The monoisotopic (exact) mass is 276 g/mol. The predicted molar refractivity (Wildman–Crippen MR) is 72.7 cm³/mol. The maximum absolute atomic E-state index is 11.6. The molecule has 0 atom stereocenters. The summed E-state index contributed by atoms with van der Waals surface area (Å²) in [5, 5.41) is 5.13. The Hall–Kier alpha value is -0.430. The van der Waals surface area contributed by atoms with E-state index >= 15 is 0 Å². The molecule has 0 saturated carbocycles. The lowest BCUT2D eigenvalue weighted by Gasteiger charge is -2.06. The molecule has 0 spiro atoms. The zero-order chi connectivity index (χ0) is 12.6. The topological polar surface area (TPSA) is 58.2 Å². The molecule has 0 aliphatic carbocycles. The number of thiophene rings is 1. The van der Waals surface area contributed by atoms with Crippen molar-refractivity contribution in [3.05, 3.63) is 22.4 Å². The zero-order valence-corrected chi connectivity index (χ0v) is 11.7. The van der Waals surface area contributed by atoms with Gasteiger partial charge >= 0.3 is 0 Å². The van der Waals surface area contributed by atoms with Gasteiger partial charge in [-0.1, -0.05) is 13.0 Å². The normalized spacial score (nSPS) is 11.8. The minimum Gasteiger partial charge on any atom is -0.317 e. The van der Waals surface area contributed by atoms with E-state index in [-0.39, 0.29) is 5.75 Å². The fourth-order valence-electron chi connectivity index (χ4n) is 1.36. The first-order chi connectivity index (χ1) is 8.14. The van der Waals surface area contributed by atoms with Crippen LogP contribution >= 0.6 is 11.3 Å². The lowest BCUT2D eigenvalue weighted by molar-refractivity contribution is 0.575. The van der Waals surface area contributed by atoms with Crippen LogP contribution in [0.25, 0.3) is 0 Å². The Labute approximate surface area is 107 Å². The summed E-state index contributed by atoms with van der Waals surface area (Å²) in [5.41, 5.74) is 0. The molecule has 0 aliphatic heterocycles. The van der Waals surface area contributed by atoms with Gasteiger partial charge in [0.15, 0.2) is 0 Å². The van der Waals surface area contributed by atoms with E-state index in [4.69, 9.17) is 0 Å². The third-order valence-corrected chi connectivity index (χ3v) is 4.53. The van der Waals surface area contributed by atoms with E-state index in [1.165, 1.54) is 0 Å². The highest BCUT2D eigenvalue weighted by molar-refractivity contribution is 7.89. The van der Waals surface area contributed by atoms with Gasteiger partial charge in [0.25, 0.3) is 0 Å². The Morgan fingerprint density at radius 2 is 2.18 bits per heavy atom. The van der Waals surface area contributed by atoms with Crippen LogP contribution in [0.5, 0.6) is 0 Å². The summed E-state index contributed by atoms with van der Waals surface area (Å²) < 4.78 is 25.9. The summed E-state index contributed by atoms with van der Waals surface area (Å²) in [7, 11) is -3.13. The zero-order valence-electron chi connectivity index (χ0n) is 10.1. The van der Waals surface area contributed by atoms with Gasteiger partial charge in [-0.05, 0) is 37.4 Å². The highest BCUT2D eigenvalue weighted by atomic mass is 32.2. The molecule has 0 fully saturated rings. The van der Waals surface area contributed by atoms with Crippen LogP contribution in [0.1, 0.15) is 24.6 Å². The summed E-state index contributed by atoms with van der Waals surface area (Å²) in [6, 6.07) is 3.85. The van der Waals surface area contributed by atoms with Crippen molar-refractivity contribution in [3.63, 3.8) is 0 Å². The highest BCUT2D eigenvalue weighted by Crippen LogP contribution is 2.08. The Kier molecular flexibility index (Phi) is 6.72. The second kappa shape index (κ2) is 7.81. The number of nitrogens with one attached hydrogen (secondary N) is 2. The quantitative estimate of drug-likeness (QED) is 0.673. The van der Waals surface area contributed by atoms with Gasteiger partial charge in [0.1, 0.15) is 0 Å². The van der Waals surface area contributed by atoms with Crippen molar-refractivity contribution in [1.82, 2.24) is 10.0 Å². The van der Waals surface area contributed by atoms with Crippen LogP contribution in [-0.4, -0.2) is 27.3 Å². The SMILES string of the molecule is CCCNCCCS(=O)(=O)NCc1cccs1. The van der Waals surface area contributed by atoms with Gasteiger partial charge < -0.3 is 5.32 Å². The van der Waals surface area contributed by atoms with Crippen molar-refractivity contribution in [1.29, 1.82) is 0 Å². The number of rotatable bonds is 9. The molecule has 1 aromatic heterocycles. The minimum atomic E-state index is -3.13. The van der Waals surface area contributed by atoms with Crippen molar-refractivity contribution in [3.8, 4) is 0 Å². The summed E-state index contributed by atoms with van der Waals surface area (Å²) in [6.07, 6.45) is 1.73. The maximum Gasteiger partial charge on any atom is 0.211 e. The van der Waals surface area contributed by atoms with Crippen LogP contribution < -0.4 is 10.0 Å². The highest BCUT2D eigenvalue weighted by Gasteiger charge is 2.09. The average Bonchev–Trinajstić information content (AvgIpc) is 2.79. The fraction of sp³-hybridized carbons (Fsp3) is 0.636. The van der Waals surface area contributed by atoms with Crippen molar-refractivity contribution in [2.75, 3.05) is 18.8 Å². The number of hydrogen-bond donors (Lipinski definition) is 2. The van der Waals surface area contributed by atoms with Crippen LogP contribution in [0.3, 0.4) is 0 Å². The van der Waals surface area contributed by atoms with E-state index in [1.54, 1.807) is 11.3 Å². The third kappa shape index (κ3) is 6.78. The first-order valence-electron chi connectivity index (χ1n) is 5.84. The Bertz CT molecular complexity index is 388. The fourth-order valence-corrected chi connectivity index (χ4v) is 3.14. The van der Waals surface area contributed by atoms with E-state index in [0.717, 1.165) is 24.4 Å². The van der Waals surface area contributed by atoms with Crippen LogP contribution in [0.2, 0.25) is 0 Å². The first kappa shape index (κ1) is 14.6. The molecular formula is C11H20N2O2S2. The number of hydrogen-bond acceptors (Lipinski definition) is 4. The van der Waals surface area contributed by atoms with E-state index < -0.39 is 10.0 Å². The largest absolute Gasteiger partial charge is 0.317 e. The van der Waals surface area contributed by atoms with E-state index in [2.05, 4.69) is 17.0 Å². The minimum absolute atomic E-state index is 0.190. The molecule has 4 nitrogen and oxygen atoms in total. The van der Waals surface area contributed by atoms with Gasteiger partial charge in [-0.3, -0.25) is 0 Å². The molecule has 1 aromatic rings. The molecule has 1 rings (SSSR count). The van der Waals surface area contributed by atoms with Crippen LogP contribution in [0.15, 0.2) is 17.5 Å². The molecule has 2 N–H and O–H groups in total. The van der Waals surface area contributed by atoms with Crippen molar-refractivity contribution >= 4 is 21.4 Å². The van der Waals surface area contributed by atoms with E-state index in [1.807, 2.05) is 17.5 Å². The van der Waals surface area contributed by atoms with Gasteiger partial charge in [-0.15, -0.1) is 11.3 Å². The van der Waals surface area contributed by atoms with Gasteiger partial charge in [0.2, 0.25) is 10.0 Å². The van der Waals surface area contributed by atoms with Crippen molar-refractivity contribution in [2.24, 2.45) is 0 Å². The van der Waals surface area contributed by atoms with Crippen molar-refractivity contribution in [2.45, 2.75) is 26.3 Å². The standard InChI is InChI=1S/C11H20N2O2S2/c1-2-6-12-7-4-9-17(14,15)13-10-11-5-3-8-16-11/h3,5,8,12-13H,2,4,6-7,9-10H2,1H3. The lowest BCUT2D eigenvalue weighted by atomic mass is 10.4. The summed E-state index contributed by atoms with van der Waals surface area (Å²) in [5.74, 6) is 0.190. The number of sulfonamides is 1. The molecule has 0 radical (unpaired) electrons. The summed E-state index contributed by atoms with van der Waals surface area (Å²) >= 11 is 1.56. The smallest absolute Gasteiger partial charge is 0.211 e. The van der Waals surface area contributed by atoms with Gasteiger partial charge in [-0.25, -0.2) is 13.1 Å². The molecule has 0 saturated heterocycles. The van der Waals surface area contributed by atoms with Gasteiger partial charge in [0, 0.05) is 11.4 Å². The second-order valence-electron chi connectivity index (χ2n) is 3.82. The molecule has 1 heterocycles. The summed E-state index contributed by atoms with van der Waals surface area (Å²) in [4.78, 5) is 1.04. The van der Waals surface area contributed by atoms with E-state index in [0.29, 0.717) is 13.0 Å². The Balaban J connectivity index is 2.17. The Morgan fingerprint density at radius 3 is 2.82 bits per heavy atom. The van der Waals surface area contributed by atoms with Crippen molar-refractivity contribution < 1.29 is 8.42 Å². The molecule has 17 heavy (non-hydrogen) atoms. The molecule has 0 amide bonds. The second-order valence-corrected chi connectivity index (χ2v) is 6.78. The Morgan fingerprint density at radius 1 is 1.35 bits per heavy atom. The molecule has 6 heteroatoms. The molecule has 98 valence electrons. The molecule has 0 bridgehead atoms. The maximum atomic E-state index is 11.6.